The van der Waals surface area contributed by atoms with Crippen molar-refractivity contribution < 1.29 is 27.9 Å². The van der Waals surface area contributed by atoms with E-state index in [9.17, 15) is 23.1 Å². The summed E-state index contributed by atoms with van der Waals surface area (Å²) in [4.78, 5) is 27.0. The highest BCUT2D eigenvalue weighted by molar-refractivity contribution is 7.93. The molecule has 2 saturated heterocycles. The molecule has 0 saturated carbocycles. The van der Waals surface area contributed by atoms with Crippen molar-refractivity contribution in [2.45, 2.75) is 55.6 Å². The van der Waals surface area contributed by atoms with E-state index in [0.29, 0.717) is 6.42 Å². The van der Waals surface area contributed by atoms with Crippen molar-refractivity contribution in [3.05, 3.63) is 71.8 Å². The summed E-state index contributed by atoms with van der Waals surface area (Å²) in [5.41, 5.74) is 1.76. The van der Waals surface area contributed by atoms with Gasteiger partial charge in [-0.15, -0.1) is 0 Å². The first kappa shape index (κ1) is 22.5. The first-order valence-corrected chi connectivity index (χ1v) is 12.2. The molecule has 8 heteroatoms. The Balaban J connectivity index is 1.50. The van der Waals surface area contributed by atoms with E-state index in [1.165, 1.54) is 13.8 Å². The summed E-state index contributed by atoms with van der Waals surface area (Å²) in [6.07, 6.45) is -0.345. The number of hydrogen-bond acceptors (Lipinski definition) is 6. The van der Waals surface area contributed by atoms with Crippen molar-refractivity contribution in [2.24, 2.45) is 5.92 Å². The Kier molecular flexibility index (Phi) is 5.85. The lowest BCUT2D eigenvalue weighted by atomic mass is 9.85. The number of sulfone groups is 1. The molecule has 2 aliphatic heterocycles. The number of ether oxygens (including phenoxy) is 1. The minimum absolute atomic E-state index is 0.0118. The van der Waals surface area contributed by atoms with Gasteiger partial charge in [0, 0.05) is 0 Å². The third-order valence-electron chi connectivity index (χ3n) is 6.54. The molecule has 0 bridgehead atoms. The molecule has 4 rings (SSSR count). The molecular weight excluding hydrogens is 430 g/mol. The highest BCUT2D eigenvalue weighted by Crippen LogP contribution is 2.50. The predicted octanol–water partition coefficient (Wildman–Crippen LogP) is 2.08. The van der Waals surface area contributed by atoms with Crippen molar-refractivity contribution in [2.75, 3.05) is 0 Å². The number of carbonyl (C=O) groups is 2. The van der Waals surface area contributed by atoms with Crippen LogP contribution in [0.2, 0.25) is 0 Å². The standard InChI is InChI=1S/C24H27NO6S/c1-24(2)20(23(28)31-15-17-11-7-4-8-12-17)25-21(27)19(22(25)32(24,29)30)18(26)14-13-16-9-5-3-6-10-16/h3-12,18-20,22,26H,13-15H2,1-2H3/t18-,19+,20-,22+/m0/s1. The SMILES string of the molecule is CC1(C)[C@H](C(=O)OCc2ccccc2)N2C(=O)[C@@H]([C@@H](O)CCc3ccccc3)[C@H]2S1(=O)=O. The molecular formula is C24H27NO6S. The minimum Gasteiger partial charge on any atom is -0.459 e. The number of benzene rings is 2. The topological polar surface area (TPSA) is 101 Å². The quantitative estimate of drug-likeness (QED) is 0.505. The number of fused-ring (bicyclic) bond motifs is 1. The average Bonchev–Trinajstić information content (AvgIpc) is 2.92. The van der Waals surface area contributed by atoms with Crippen LogP contribution in [-0.2, 0) is 37.2 Å². The minimum atomic E-state index is -3.91. The number of aliphatic hydroxyl groups is 1. The molecule has 0 aromatic heterocycles. The summed E-state index contributed by atoms with van der Waals surface area (Å²) >= 11 is 0. The van der Waals surface area contributed by atoms with E-state index in [-0.39, 0.29) is 13.0 Å². The first-order chi connectivity index (χ1) is 15.2. The number of esters is 1. The molecule has 2 aromatic rings. The van der Waals surface area contributed by atoms with Gasteiger partial charge >= 0.3 is 5.97 Å². The Bertz CT molecular complexity index is 1100. The molecule has 1 N–H and O–H groups in total. The fourth-order valence-electron chi connectivity index (χ4n) is 4.63. The predicted molar refractivity (Wildman–Crippen MR) is 118 cm³/mol. The zero-order valence-electron chi connectivity index (χ0n) is 18.0. The lowest BCUT2D eigenvalue weighted by Crippen LogP contribution is -2.66. The van der Waals surface area contributed by atoms with Gasteiger partial charge in [-0.05, 0) is 37.8 Å². The molecule has 2 fully saturated rings. The maximum Gasteiger partial charge on any atom is 0.330 e. The van der Waals surface area contributed by atoms with Gasteiger partial charge in [0.25, 0.3) is 0 Å². The summed E-state index contributed by atoms with van der Waals surface area (Å²) in [7, 11) is -3.91. The van der Waals surface area contributed by atoms with E-state index in [4.69, 9.17) is 4.74 Å². The van der Waals surface area contributed by atoms with E-state index >= 15 is 0 Å². The molecule has 7 nitrogen and oxygen atoms in total. The maximum absolute atomic E-state index is 13.3. The van der Waals surface area contributed by atoms with Crippen LogP contribution in [0.25, 0.3) is 0 Å². The lowest BCUT2D eigenvalue weighted by molar-refractivity contribution is -0.172. The second kappa shape index (κ2) is 8.33. The fraction of sp³-hybridized carbons (Fsp3) is 0.417. The van der Waals surface area contributed by atoms with Gasteiger partial charge in [0.05, 0.1) is 16.8 Å². The fourth-order valence-corrected chi connectivity index (χ4v) is 6.98. The number of β-lactam (4-membered cyclic amide) rings is 1. The van der Waals surface area contributed by atoms with Crippen molar-refractivity contribution in [1.29, 1.82) is 0 Å². The Morgan fingerprint density at radius 2 is 1.62 bits per heavy atom. The number of nitrogens with zero attached hydrogens (tertiary/aromatic N) is 1. The number of rotatable bonds is 7. The Morgan fingerprint density at radius 3 is 2.22 bits per heavy atom. The Hall–Kier alpha value is -2.71. The summed E-state index contributed by atoms with van der Waals surface area (Å²) in [6, 6.07) is 17.3. The van der Waals surface area contributed by atoms with Crippen LogP contribution >= 0.6 is 0 Å². The molecule has 2 aliphatic rings. The van der Waals surface area contributed by atoms with Crippen molar-refractivity contribution in [3.8, 4) is 0 Å². The molecule has 1 amide bonds. The number of hydrogen-bond donors (Lipinski definition) is 1. The van der Waals surface area contributed by atoms with Crippen LogP contribution in [0, 0.1) is 5.92 Å². The van der Waals surface area contributed by atoms with Crippen LogP contribution in [0.15, 0.2) is 60.7 Å². The number of aliphatic hydroxyl groups excluding tert-OH is 1. The van der Waals surface area contributed by atoms with Crippen LogP contribution in [0.5, 0.6) is 0 Å². The molecule has 2 heterocycles. The second-order valence-corrected chi connectivity index (χ2v) is 11.5. The molecule has 0 unspecified atom stereocenters. The third-order valence-corrected chi connectivity index (χ3v) is 9.39. The zero-order valence-corrected chi connectivity index (χ0v) is 18.9. The highest BCUT2D eigenvalue weighted by atomic mass is 32.2. The molecule has 4 atom stereocenters. The monoisotopic (exact) mass is 457 g/mol. The average molecular weight is 458 g/mol. The Labute approximate surface area is 187 Å². The van der Waals surface area contributed by atoms with Crippen LogP contribution < -0.4 is 0 Å². The van der Waals surface area contributed by atoms with Crippen molar-refractivity contribution >= 4 is 21.7 Å². The summed E-state index contributed by atoms with van der Waals surface area (Å²) < 4.78 is 30.4. The highest BCUT2D eigenvalue weighted by Gasteiger charge is 2.73. The smallest absolute Gasteiger partial charge is 0.330 e. The van der Waals surface area contributed by atoms with Gasteiger partial charge in [-0.3, -0.25) is 4.79 Å². The van der Waals surface area contributed by atoms with Gasteiger partial charge in [0.15, 0.2) is 9.84 Å². The van der Waals surface area contributed by atoms with Gasteiger partial charge in [-0.1, -0.05) is 60.7 Å². The molecule has 0 aliphatic carbocycles. The van der Waals surface area contributed by atoms with Crippen molar-refractivity contribution in [1.82, 2.24) is 4.90 Å². The van der Waals surface area contributed by atoms with E-state index in [1.807, 2.05) is 48.5 Å². The largest absolute Gasteiger partial charge is 0.459 e. The number of amides is 1. The molecule has 0 radical (unpaired) electrons. The summed E-state index contributed by atoms with van der Waals surface area (Å²) in [6.45, 7) is 2.87. The van der Waals surface area contributed by atoms with Crippen LogP contribution in [0.3, 0.4) is 0 Å². The maximum atomic E-state index is 13.3. The number of aryl methyl sites for hydroxylation is 1. The summed E-state index contributed by atoms with van der Waals surface area (Å²) in [5.74, 6) is -2.35. The van der Waals surface area contributed by atoms with Crippen molar-refractivity contribution in [3.63, 3.8) is 0 Å². The molecule has 32 heavy (non-hydrogen) atoms. The third kappa shape index (κ3) is 3.61. The van der Waals surface area contributed by atoms with Gasteiger partial charge in [0.2, 0.25) is 5.91 Å². The molecule has 170 valence electrons. The van der Waals surface area contributed by atoms with Crippen LogP contribution in [0.4, 0.5) is 0 Å². The van der Waals surface area contributed by atoms with Crippen LogP contribution in [0.1, 0.15) is 31.4 Å². The normalized spacial score (nSPS) is 26.2. The van der Waals surface area contributed by atoms with Gasteiger partial charge in [-0.25, -0.2) is 13.2 Å². The van der Waals surface area contributed by atoms with Crippen LogP contribution in [-0.4, -0.2) is 52.6 Å². The first-order valence-electron chi connectivity index (χ1n) is 10.6. The van der Waals surface area contributed by atoms with Gasteiger partial charge < -0.3 is 14.7 Å². The molecule has 2 aromatic carbocycles. The van der Waals surface area contributed by atoms with E-state index in [2.05, 4.69) is 0 Å². The van der Waals surface area contributed by atoms with Gasteiger partial charge in [-0.2, -0.15) is 0 Å². The zero-order chi connectivity index (χ0) is 23.1. The Morgan fingerprint density at radius 1 is 1.06 bits per heavy atom. The number of carbonyl (C=O) groups excluding carboxylic acids is 2. The van der Waals surface area contributed by atoms with E-state index < -0.39 is 49.9 Å². The van der Waals surface area contributed by atoms with E-state index in [1.54, 1.807) is 12.1 Å². The molecule has 0 spiro atoms. The van der Waals surface area contributed by atoms with Gasteiger partial charge in [0.1, 0.15) is 18.0 Å². The lowest BCUT2D eigenvalue weighted by Gasteiger charge is -2.45. The second-order valence-electron chi connectivity index (χ2n) is 8.90. The van der Waals surface area contributed by atoms with E-state index in [0.717, 1.165) is 16.0 Å². The summed E-state index contributed by atoms with van der Waals surface area (Å²) in [5, 5.41) is 9.48.